The summed E-state index contributed by atoms with van der Waals surface area (Å²) in [5.41, 5.74) is 1.06. The van der Waals surface area contributed by atoms with Crippen LogP contribution < -0.4 is 10.6 Å². The van der Waals surface area contributed by atoms with Crippen molar-refractivity contribution in [2.45, 2.75) is 6.48 Å². The Kier molecular flexibility index (Phi) is 10.9. The topological polar surface area (TPSA) is 64.6 Å². The minimum atomic E-state index is -0.514. The zero-order valence-corrected chi connectivity index (χ0v) is 14.1. The molecule has 1 aromatic heterocycles. The van der Waals surface area contributed by atoms with Crippen molar-refractivity contribution in [1.82, 2.24) is 15.6 Å². The van der Waals surface area contributed by atoms with Gasteiger partial charge in [-0.3, -0.25) is 4.98 Å². The standard InChI is InChI=1S/C9H7N.C4H10N2.C4H10O3/c1-2-6-9-8(4-1)5-3-7-10-9;1-2-6-4-3-5-1;1-5-4(6-2)7-3/h1-7H;5-6H,1-4H2;4H,1-3H3. The zero-order chi connectivity index (χ0) is 16.8. The highest BCUT2D eigenvalue weighted by Crippen LogP contribution is 2.07. The lowest BCUT2D eigenvalue weighted by atomic mass is 10.2. The molecule has 1 aliphatic rings. The number of para-hydroxylation sites is 1. The van der Waals surface area contributed by atoms with Crippen molar-refractivity contribution in [3.05, 3.63) is 42.6 Å². The Labute approximate surface area is 138 Å². The average molecular weight is 321 g/mol. The second-order valence-corrected chi connectivity index (χ2v) is 4.69. The molecule has 0 unspecified atom stereocenters. The van der Waals surface area contributed by atoms with Gasteiger partial charge in [0.25, 0.3) is 6.48 Å². The van der Waals surface area contributed by atoms with Crippen LogP contribution in [-0.2, 0) is 14.2 Å². The van der Waals surface area contributed by atoms with Crippen molar-refractivity contribution >= 4 is 10.9 Å². The molecule has 1 fully saturated rings. The van der Waals surface area contributed by atoms with E-state index in [1.807, 2.05) is 30.5 Å². The number of hydrogen-bond donors (Lipinski definition) is 2. The summed E-state index contributed by atoms with van der Waals surface area (Å²) in [7, 11) is 4.53. The van der Waals surface area contributed by atoms with E-state index in [9.17, 15) is 0 Å². The first-order chi connectivity index (χ1) is 11.3. The average Bonchev–Trinajstić information content (AvgIpc) is 2.66. The van der Waals surface area contributed by atoms with Crippen LogP contribution in [0.3, 0.4) is 0 Å². The van der Waals surface area contributed by atoms with E-state index in [-0.39, 0.29) is 0 Å². The number of fused-ring (bicyclic) bond motifs is 1. The van der Waals surface area contributed by atoms with Gasteiger partial charge in [-0.1, -0.05) is 24.3 Å². The van der Waals surface area contributed by atoms with Gasteiger partial charge in [0, 0.05) is 59.1 Å². The van der Waals surface area contributed by atoms with Crippen LogP contribution in [0, 0.1) is 0 Å². The number of hydrogen-bond acceptors (Lipinski definition) is 6. The number of nitrogens with one attached hydrogen (secondary N) is 2. The van der Waals surface area contributed by atoms with E-state index < -0.39 is 6.48 Å². The van der Waals surface area contributed by atoms with Gasteiger partial charge in [-0.2, -0.15) is 0 Å². The van der Waals surface area contributed by atoms with E-state index >= 15 is 0 Å². The fourth-order valence-electron chi connectivity index (χ4n) is 1.91. The first-order valence-electron chi connectivity index (χ1n) is 7.61. The molecule has 1 aromatic carbocycles. The fraction of sp³-hybridized carbons (Fsp3) is 0.471. The molecule has 0 spiro atoms. The minimum Gasteiger partial charge on any atom is -0.333 e. The zero-order valence-electron chi connectivity index (χ0n) is 14.1. The highest BCUT2D eigenvalue weighted by Gasteiger charge is 1.97. The predicted octanol–water partition coefficient (Wildman–Crippen LogP) is 1.62. The molecule has 0 radical (unpaired) electrons. The minimum absolute atomic E-state index is 0.514. The molecule has 0 amide bonds. The van der Waals surface area contributed by atoms with Crippen LogP contribution in [0.1, 0.15) is 0 Å². The lowest BCUT2D eigenvalue weighted by molar-refractivity contribution is -0.252. The summed E-state index contributed by atoms with van der Waals surface area (Å²) >= 11 is 0. The second kappa shape index (κ2) is 12.9. The molecule has 0 saturated carbocycles. The number of benzene rings is 1. The number of aromatic nitrogens is 1. The van der Waals surface area contributed by atoms with Crippen molar-refractivity contribution in [3.63, 3.8) is 0 Å². The molecule has 0 atom stereocenters. The molecule has 23 heavy (non-hydrogen) atoms. The Balaban J connectivity index is 0.000000181. The van der Waals surface area contributed by atoms with Gasteiger partial charge < -0.3 is 24.8 Å². The monoisotopic (exact) mass is 321 g/mol. The highest BCUT2D eigenvalue weighted by atomic mass is 16.8. The molecule has 128 valence electrons. The first-order valence-corrected chi connectivity index (χ1v) is 7.61. The Morgan fingerprint density at radius 3 is 1.78 bits per heavy atom. The lowest BCUT2D eigenvalue weighted by Crippen LogP contribution is -2.39. The second-order valence-electron chi connectivity index (χ2n) is 4.69. The van der Waals surface area contributed by atoms with Crippen molar-refractivity contribution in [2.24, 2.45) is 0 Å². The lowest BCUT2D eigenvalue weighted by Gasteiger charge is -2.11. The molecule has 2 aromatic rings. The largest absolute Gasteiger partial charge is 0.333 e. The summed E-state index contributed by atoms with van der Waals surface area (Å²) in [4.78, 5) is 4.18. The summed E-state index contributed by atoms with van der Waals surface area (Å²) in [5.74, 6) is 0. The number of piperazine rings is 1. The predicted molar refractivity (Wildman–Crippen MR) is 92.3 cm³/mol. The SMILES string of the molecule is C1CNCCN1.COC(OC)OC.c1ccc2ncccc2c1. The van der Waals surface area contributed by atoms with Gasteiger partial charge >= 0.3 is 0 Å². The summed E-state index contributed by atoms with van der Waals surface area (Å²) in [6.07, 6.45) is 1.81. The third-order valence-corrected chi connectivity index (χ3v) is 3.05. The molecule has 1 saturated heterocycles. The number of pyridine rings is 1. The van der Waals surface area contributed by atoms with Crippen LogP contribution in [0.2, 0.25) is 0 Å². The maximum Gasteiger partial charge on any atom is 0.270 e. The smallest absolute Gasteiger partial charge is 0.270 e. The molecule has 2 heterocycles. The van der Waals surface area contributed by atoms with Crippen molar-refractivity contribution in [2.75, 3.05) is 47.5 Å². The Hall–Kier alpha value is -1.57. The molecule has 3 rings (SSSR count). The van der Waals surface area contributed by atoms with Gasteiger partial charge in [0.2, 0.25) is 0 Å². The van der Waals surface area contributed by atoms with Crippen LogP contribution in [0.4, 0.5) is 0 Å². The van der Waals surface area contributed by atoms with Gasteiger partial charge in [-0.25, -0.2) is 0 Å². The van der Waals surface area contributed by atoms with Gasteiger partial charge in [0.05, 0.1) is 5.52 Å². The van der Waals surface area contributed by atoms with E-state index in [0.717, 1.165) is 31.7 Å². The Morgan fingerprint density at radius 1 is 0.826 bits per heavy atom. The molecule has 0 bridgehead atoms. The van der Waals surface area contributed by atoms with Crippen molar-refractivity contribution < 1.29 is 14.2 Å². The van der Waals surface area contributed by atoms with Gasteiger partial charge in [-0.05, 0) is 12.1 Å². The molecule has 1 aliphatic heterocycles. The van der Waals surface area contributed by atoms with Gasteiger partial charge in [-0.15, -0.1) is 0 Å². The molecular formula is C17H27N3O3. The van der Waals surface area contributed by atoms with Crippen LogP contribution in [-0.4, -0.2) is 59.0 Å². The Morgan fingerprint density at radius 2 is 1.35 bits per heavy atom. The maximum absolute atomic E-state index is 4.60. The Bertz CT molecular complexity index is 435. The first kappa shape index (κ1) is 19.5. The number of nitrogens with zero attached hydrogens (tertiary/aromatic N) is 1. The fourth-order valence-corrected chi connectivity index (χ4v) is 1.91. The van der Waals surface area contributed by atoms with Crippen molar-refractivity contribution in [1.29, 1.82) is 0 Å². The van der Waals surface area contributed by atoms with E-state index in [2.05, 4.69) is 42.0 Å². The van der Waals surface area contributed by atoms with Gasteiger partial charge in [0.1, 0.15) is 0 Å². The third-order valence-electron chi connectivity index (χ3n) is 3.05. The quantitative estimate of drug-likeness (QED) is 0.838. The van der Waals surface area contributed by atoms with E-state index in [1.165, 1.54) is 26.7 Å². The van der Waals surface area contributed by atoms with E-state index in [1.54, 1.807) is 0 Å². The molecule has 2 N–H and O–H groups in total. The van der Waals surface area contributed by atoms with Crippen molar-refractivity contribution in [3.8, 4) is 0 Å². The molecule has 0 aliphatic carbocycles. The summed E-state index contributed by atoms with van der Waals surface area (Å²) in [5, 5.41) is 7.64. The molecular weight excluding hydrogens is 294 g/mol. The normalized spacial score (nSPS) is 13.7. The summed E-state index contributed by atoms with van der Waals surface area (Å²) < 4.78 is 13.8. The van der Waals surface area contributed by atoms with Crippen LogP contribution in [0.5, 0.6) is 0 Å². The molecule has 6 heteroatoms. The molecule has 6 nitrogen and oxygen atoms in total. The number of rotatable bonds is 3. The summed E-state index contributed by atoms with van der Waals surface area (Å²) in [6.45, 7) is 4.04. The van der Waals surface area contributed by atoms with Gasteiger partial charge in [0.15, 0.2) is 0 Å². The number of methoxy groups -OCH3 is 3. The number of ether oxygens (including phenoxy) is 3. The maximum atomic E-state index is 4.60. The summed E-state index contributed by atoms with van der Waals surface area (Å²) in [6, 6.07) is 12.1. The highest BCUT2D eigenvalue weighted by molar-refractivity contribution is 5.77. The third kappa shape index (κ3) is 8.59. The van der Waals surface area contributed by atoms with E-state index in [4.69, 9.17) is 0 Å². The van der Waals surface area contributed by atoms with Crippen LogP contribution in [0.15, 0.2) is 42.6 Å². The van der Waals surface area contributed by atoms with Crippen LogP contribution in [0.25, 0.3) is 10.9 Å². The van der Waals surface area contributed by atoms with Crippen LogP contribution >= 0.6 is 0 Å². The van der Waals surface area contributed by atoms with E-state index in [0.29, 0.717) is 0 Å².